The molecule has 7 nitrogen and oxygen atoms in total. The molecule has 0 fully saturated rings. The Bertz CT molecular complexity index is 1230. The number of nitrogens with two attached hydrogens (primary N) is 1. The zero-order chi connectivity index (χ0) is 22.7. The number of aromatic nitrogens is 4. The Kier molecular flexibility index (Phi) is 6.43. The maximum atomic E-state index is 14.2. The van der Waals surface area contributed by atoms with Crippen molar-refractivity contribution in [2.75, 3.05) is 6.61 Å². The van der Waals surface area contributed by atoms with Crippen molar-refractivity contribution < 1.29 is 14.2 Å². The summed E-state index contributed by atoms with van der Waals surface area (Å²) in [5.74, 6) is 1.25. The minimum absolute atomic E-state index is 0.160. The lowest BCUT2D eigenvalue weighted by atomic mass is 10.0. The Morgan fingerprint density at radius 3 is 2.69 bits per heavy atom. The first-order valence-corrected chi connectivity index (χ1v) is 10.6. The molecule has 3 N–H and O–H groups in total. The molecule has 2 atom stereocenters. The fourth-order valence-corrected chi connectivity index (χ4v) is 3.61. The lowest BCUT2D eigenvalue weighted by Gasteiger charge is -2.16. The Morgan fingerprint density at radius 2 is 1.94 bits per heavy atom. The number of hydrogen-bond donors (Lipinski definition) is 2. The summed E-state index contributed by atoms with van der Waals surface area (Å²) in [4.78, 5) is 9.10. The first kappa shape index (κ1) is 21.9. The van der Waals surface area contributed by atoms with E-state index in [9.17, 15) is 9.50 Å². The van der Waals surface area contributed by atoms with E-state index in [0.29, 0.717) is 41.7 Å². The maximum absolute atomic E-state index is 14.2. The number of nitrogens with zero attached hydrogens (tertiary/aromatic N) is 4. The van der Waals surface area contributed by atoms with Gasteiger partial charge in [0.15, 0.2) is 5.82 Å². The van der Waals surface area contributed by atoms with E-state index in [1.807, 2.05) is 43.3 Å². The van der Waals surface area contributed by atoms with Crippen LogP contribution in [0, 0.1) is 0 Å². The summed E-state index contributed by atoms with van der Waals surface area (Å²) < 4.78 is 21.7. The normalized spacial score (nSPS) is 13.3. The van der Waals surface area contributed by atoms with Crippen molar-refractivity contribution in [2.45, 2.75) is 39.1 Å². The predicted molar refractivity (Wildman–Crippen MR) is 121 cm³/mol. The molecule has 0 bridgehead atoms. The summed E-state index contributed by atoms with van der Waals surface area (Å²) in [5, 5.41) is 14.8. The quantitative estimate of drug-likeness (QED) is 0.432. The number of fused-ring (bicyclic) bond motifs is 1. The van der Waals surface area contributed by atoms with Crippen molar-refractivity contribution in [1.82, 2.24) is 19.7 Å². The summed E-state index contributed by atoms with van der Waals surface area (Å²) in [7, 11) is 0. The van der Waals surface area contributed by atoms with Crippen LogP contribution in [0.5, 0.6) is 5.75 Å². The highest BCUT2D eigenvalue weighted by Crippen LogP contribution is 2.33. The summed E-state index contributed by atoms with van der Waals surface area (Å²) in [6, 6.07) is 13.9. The topological polar surface area (TPSA) is 99.1 Å². The average molecular weight is 436 g/mol. The van der Waals surface area contributed by atoms with Gasteiger partial charge < -0.3 is 15.6 Å². The number of ether oxygens (including phenoxy) is 1. The predicted octanol–water partition coefficient (Wildman–Crippen LogP) is 4.12. The molecule has 4 aromatic rings. The number of aliphatic hydroxyl groups is 1. The van der Waals surface area contributed by atoms with Crippen molar-refractivity contribution >= 4 is 10.9 Å². The zero-order valence-corrected chi connectivity index (χ0v) is 18.1. The Hall–Kier alpha value is -3.36. The number of pyridine rings is 2. The Balaban J connectivity index is 1.86. The standard InChI is InChI=1S/C24H26FN5O2/c1-3-18(25)24(26)20-9-6-8-19(29-20)15-11-21-17(22(12-15)32-4-2)13-27-30(21)23-10-5-7-16(14-31)28-23/h5-13,18,24,31H,3-4,14,26H2,1-2H3/t18-,24-/m0/s1. The van der Waals surface area contributed by atoms with Crippen molar-refractivity contribution in [1.29, 1.82) is 0 Å². The number of alkyl halides is 1. The van der Waals surface area contributed by atoms with Crippen molar-refractivity contribution in [3.05, 3.63) is 66.1 Å². The highest BCUT2D eigenvalue weighted by Gasteiger charge is 2.19. The molecule has 8 heteroatoms. The van der Waals surface area contributed by atoms with Crippen LogP contribution < -0.4 is 10.5 Å². The molecule has 4 rings (SSSR count). The molecule has 0 radical (unpaired) electrons. The number of aliphatic hydroxyl groups excluding tert-OH is 1. The van der Waals surface area contributed by atoms with Gasteiger partial charge in [-0.15, -0.1) is 0 Å². The van der Waals surface area contributed by atoms with Crippen LogP contribution in [0.1, 0.15) is 37.7 Å². The van der Waals surface area contributed by atoms with Crippen LogP contribution in [0.25, 0.3) is 28.0 Å². The molecule has 0 unspecified atom stereocenters. The molecule has 0 spiro atoms. The third-order valence-corrected chi connectivity index (χ3v) is 5.31. The molecular formula is C24H26FN5O2. The second-order valence-corrected chi connectivity index (χ2v) is 7.44. The van der Waals surface area contributed by atoms with Crippen LogP contribution in [0.2, 0.25) is 0 Å². The van der Waals surface area contributed by atoms with Gasteiger partial charge in [0.2, 0.25) is 0 Å². The van der Waals surface area contributed by atoms with Gasteiger partial charge in [-0.25, -0.2) is 14.1 Å². The molecule has 32 heavy (non-hydrogen) atoms. The molecule has 166 valence electrons. The second kappa shape index (κ2) is 9.42. The first-order chi connectivity index (χ1) is 15.5. The van der Waals surface area contributed by atoms with E-state index < -0.39 is 12.2 Å². The molecule has 3 aromatic heterocycles. The summed E-state index contributed by atoms with van der Waals surface area (Å²) in [5.41, 5.74) is 9.35. The van der Waals surface area contributed by atoms with Gasteiger partial charge in [-0.3, -0.25) is 4.98 Å². The largest absolute Gasteiger partial charge is 0.493 e. The molecular weight excluding hydrogens is 409 g/mol. The zero-order valence-electron chi connectivity index (χ0n) is 18.1. The van der Waals surface area contributed by atoms with E-state index in [1.165, 1.54) is 0 Å². The van der Waals surface area contributed by atoms with E-state index in [0.717, 1.165) is 16.5 Å². The molecule has 1 aromatic carbocycles. The van der Waals surface area contributed by atoms with E-state index in [-0.39, 0.29) is 6.61 Å². The molecule has 0 aliphatic rings. The SMILES string of the molecule is CCOc1cc(-c2cccc([C@@H](N)[C@@H](F)CC)n2)cc2c1cnn2-c1cccc(CO)n1. The number of hydrogen-bond acceptors (Lipinski definition) is 6. The summed E-state index contributed by atoms with van der Waals surface area (Å²) in [6.45, 7) is 4.00. The molecule has 0 aliphatic heterocycles. The van der Waals surface area contributed by atoms with Gasteiger partial charge in [0.05, 0.1) is 53.4 Å². The fraction of sp³-hybridized carbons (Fsp3) is 0.292. The average Bonchev–Trinajstić information content (AvgIpc) is 3.27. The van der Waals surface area contributed by atoms with Crippen molar-refractivity contribution in [3.63, 3.8) is 0 Å². The van der Waals surface area contributed by atoms with Crippen molar-refractivity contribution in [3.8, 4) is 22.8 Å². The van der Waals surface area contributed by atoms with Crippen LogP contribution in [0.15, 0.2) is 54.7 Å². The fourth-order valence-electron chi connectivity index (χ4n) is 3.61. The second-order valence-electron chi connectivity index (χ2n) is 7.44. The minimum Gasteiger partial charge on any atom is -0.493 e. The van der Waals surface area contributed by atoms with Gasteiger partial charge in [-0.05, 0) is 49.7 Å². The molecule has 0 saturated heterocycles. The molecule has 0 aliphatic carbocycles. The van der Waals surface area contributed by atoms with E-state index in [2.05, 4.69) is 15.1 Å². The van der Waals surface area contributed by atoms with Gasteiger partial charge in [0, 0.05) is 5.56 Å². The smallest absolute Gasteiger partial charge is 0.154 e. The van der Waals surface area contributed by atoms with Gasteiger partial charge in [-0.1, -0.05) is 19.1 Å². The van der Waals surface area contributed by atoms with Crippen molar-refractivity contribution in [2.24, 2.45) is 5.73 Å². The number of halogens is 1. The third kappa shape index (κ3) is 4.19. The van der Waals surface area contributed by atoms with E-state index in [4.69, 9.17) is 10.5 Å². The van der Waals surface area contributed by atoms with Gasteiger partial charge in [-0.2, -0.15) is 5.10 Å². The van der Waals surface area contributed by atoms with Crippen LogP contribution in [0.3, 0.4) is 0 Å². The lowest BCUT2D eigenvalue weighted by Crippen LogP contribution is -2.23. The first-order valence-electron chi connectivity index (χ1n) is 10.6. The Labute approximate surface area is 185 Å². The maximum Gasteiger partial charge on any atom is 0.154 e. The summed E-state index contributed by atoms with van der Waals surface area (Å²) >= 11 is 0. The minimum atomic E-state index is -1.16. The molecule has 3 heterocycles. The van der Waals surface area contributed by atoms with Crippen LogP contribution in [-0.2, 0) is 6.61 Å². The van der Waals surface area contributed by atoms with Crippen LogP contribution in [-0.4, -0.2) is 37.6 Å². The van der Waals surface area contributed by atoms with Crippen LogP contribution in [0.4, 0.5) is 4.39 Å². The third-order valence-electron chi connectivity index (χ3n) is 5.31. The molecule has 0 amide bonds. The van der Waals surface area contributed by atoms with E-state index in [1.54, 1.807) is 29.9 Å². The monoisotopic (exact) mass is 435 g/mol. The van der Waals surface area contributed by atoms with Crippen LogP contribution >= 0.6 is 0 Å². The van der Waals surface area contributed by atoms with Gasteiger partial charge in [0.1, 0.15) is 11.9 Å². The van der Waals surface area contributed by atoms with Gasteiger partial charge in [0.25, 0.3) is 0 Å². The molecule has 0 saturated carbocycles. The number of benzene rings is 1. The number of rotatable bonds is 8. The highest BCUT2D eigenvalue weighted by atomic mass is 19.1. The van der Waals surface area contributed by atoms with E-state index >= 15 is 0 Å². The van der Waals surface area contributed by atoms with Gasteiger partial charge >= 0.3 is 0 Å². The summed E-state index contributed by atoms with van der Waals surface area (Å²) in [6.07, 6.45) is 0.893. The highest BCUT2D eigenvalue weighted by molar-refractivity contribution is 5.90. The lowest BCUT2D eigenvalue weighted by molar-refractivity contribution is 0.273. The Morgan fingerprint density at radius 1 is 1.12 bits per heavy atom.